The third-order valence-electron chi connectivity index (χ3n) is 4.13. The number of furan rings is 1. The van der Waals surface area contributed by atoms with Crippen LogP contribution in [0, 0.1) is 5.82 Å². The first kappa shape index (κ1) is 16.1. The number of aromatic nitrogens is 2. The van der Waals surface area contributed by atoms with Crippen LogP contribution in [0.4, 0.5) is 4.39 Å². The van der Waals surface area contributed by atoms with Gasteiger partial charge in [0.2, 0.25) is 0 Å². The van der Waals surface area contributed by atoms with E-state index in [4.69, 9.17) is 4.42 Å². The fourth-order valence-electron chi connectivity index (χ4n) is 2.74. The van der Waals surface area contributed by atoms with E-state index in [-0.39, 0.29) is 23.5 Å². The van der Waals surface area contributed by atoms with Crippen LogP contribution in [0.15, 0.2) is 71.3 Å². The van der Waals surface area contributed by atoms with Crippen LogP contribution in [-0.4, -0.2) is 15.7 Å². The van der Waals surface area contributed by atoms with Crippen LogP contribution in [0.1, 0.15) is 29.2 Å². The van der Waals surface area contributed by atoms with Crippen molar-refractivity contribution in [3.63, 3.8) is 0 Å². The summed E-state index contributed by atoms with van der Waals surface area (Å²) in [5.74, 6) is 0.0508. The highest BCUT2D eigenvalue weighted by molar-refractivity contribution is 5.92. The molecule has 2 aromatic heterocycles. The van der Waals surface area contributed by atoms with Gasteiger partial charge in [-0.3, -0.25) is 4.79 Å². The van der Waals surface area contributed by atoms with E-state index in [1.54, 1.807) is 24.4 Å². The number of fused-ring (bicyclic) bond motifs is 1. The van der Waals surface area contributed by atoms with Crippen molar-refractivity contribution >= 4 is 16.9 Å². The van der Waals surface area contributed by atoms with Gasteiger partial charge in [0.1, 0.15) is 17.2 Å². The highest BCUT2D eigenvalue weighted by atomic mass is 19.1. The summed E-state index contributed by atoms with van der Waals surface area (Å²) < 4.78 is 20.3. The molecule has 0 radical (unpaired) electrons. The zero-order valence-corrected chi connectivity index (χ0v) is 14.0. The number of carbonyl (C=O) groups excluding carboxylic acids is 1. The molecule has 2 aromatic carbocycles. The maximum Gasteiger partial charge on any atom is 0.272 e. The lowest BCUT2D eigenvalue weighted by Gasteiger charge is -2.09. The third kappa shape index (κ3) is 3.09. The predicted octanol–water partition coefficient (Wildman–Crippen LogP) is 4.25. The molecule has 0 aliphatic heterocycles. The minimum absolute atomic E-state index is 0.275. The molecular weight excluding hydrogens is 333 g/mol. The van der Waals surface area contributed by atoms with E-state index in [2.05, 4.69) is 10.4 Å². The van der Waals surface area contributed by atoms with Gasteiger partial charge in [0.15, 0.2) is 5.69 Å². The van der Waals surface area contributed by atoms with Crippen LogP contribution in [-0.2, 0) is 0 Å². The molecule has 0 saturated carbocycles. The summed E-state index contributed by atoms with van der Waals surface area (Å²) in [7, 11) is 0. The normalized spacial score (nSPS) is 12.2. The lowest BCUT2D eigenvalue weighted by atomic mass is 10.2. The van der Waals surface area contributed by atoms with E-state index >= 15 is 0 Å². The number of hydrogen-bond acceptors (Lipinski definition) is 3. The Bertz CT molecular complexity index is 1030. The Morgan fingerprint density at radius 1 is 1.15 bits per heavy atom. The van der Waals surface area contributed by atoms with Gasteiger partial charge in [-0.1, -0.05) is 18.2 Å². The Morgan fingerprint density at radius 3 is 2.69 bits per heavy atom. The third-order valence-corrected chi connectivity index (χ3v) is 4.13. The number of halogens is 1. The first-order valence-corrected chi connectivity index (χ1v) is 8.21. The average molecular weight is 349 g/mol. The zero-order chi connectivity index (χ0) is 18.1. The molecule has 1 amide bonds. The number of amides is 1. The van der Waals surface area contributed by atoms with Gasteiger partial charge in [0.25, 0.3) is 5.91 Å². The van der Waals surface area contributed by atoms with Gasteiger partial charge in [-0.2, -0.15) is 5.10 Å². The summed E-state index contributed by atoms with van der Waals surface area (Å²) in [6.07, 6.45) is 1.66. The standard InChI is InChI=1S/C20H16FN3O2/c1-13(19-12-14-4-2-3-5-18(14)26-19)22-20(25)17-10-11-24(23-17)16-8-6-15(21)7-9-16/h2-13H,1H3,(H,22,25). The van der Waals surface area contributed by atoms with E-state index in [0.29, 0.717) is 11.4 Å². The second-order valence-electron chi connectivity index (χ2n) is 6.00. The van der Waals surface area contributed by atoms with Crippen molar-refractivity contribution < 1.29 is 13.6 Å². The molecule has 0 fully saturated rings. The van der Waals surface area contributed by atoms with E-state index in [1.165, 1.54) is 16.8 Å². The van der Waals surface area contributed by atoms with Gasteiger partial charge in [-0.05, 0) is 49.4 Å². The molecule has 6 heteroatoms. The van der Waals surface area contributed by atoms with E-state index < -0.39 is 0 Å². The molecular formula is C20H16FN3O2. The van der Waals surface area contributed by atoms with E-state index in [1.807, 2.05) is 37.3 Å². The zero-order valence-electron chi connectivity index (χ0n) is 14.0. The first-order valence-electron chi connectivity index (χ1n) is 8.21. The van der Waals surface area contributed by atoms with Gasteiger partial charge in [0.05, 0.1) is 11.7 Å². The van der Waals surface area contributed by atoms with Gasteiger partial charge in [-0.25, -0.2) is 9.07 Å². The van der Waals surface area contributed by atoms with Crippen LogP contribution < -0.4 is 5.32 Å². The molecule has 5 nitrogen and oxygen atoms in total. The van der Waals surface area contributed by atoms with Crippen LogP contribution in [0.3, 0.4) is 0 Å². The van der Waals surface area contributed by atoms with Crippen molar-refractivity contribution in [3.05, 3.63) is 84.1 Å². The SMILES string of the molecule is CC(NC(=O)c1ccn(-c2ccc(F)cc2)n1)c1cc2ccccc2o1. The number of nitrogens with zero attached hydrogens (tertiary/aromatic N) is 2. The van der Waals surface area contributed by atoms with Crippen LogP contribution in [0.25, 0.3) is 16.7 Å². The Kier molecular flexibility index (Phi) is 4.01. The molecule has 26 heavy (non-hydrogen) atoms. The maximum atomic E-state index is 13.0. The Labute approximate surface area is 149 Å². The second-order valence-corrected chi connectivity index (χ2v) is 6.00. The molecule has 0 bridgehead atoms. The molecule has 0 saturated heterocycles. The van der Waals surface area contributed by atoms with Crippen molar-refractivity contribution in [2.75, 3.05) is 0 Å². The lowest BCUT2D eigenvalue weighted by molar-refractivity contribution is 0.0930. The average Bonchev–Trinajstić information content (AvgIpc) is 3.29. The monoisotopic (exact) mass is 349 g/mol. The Balaban J connectivity index is 1.50. The number of carbonyl (C=O) groups is 1. The van der Waals surface area contributed by atoms with Gasteiger partial charge < -0.3 is 9.73 Å². The summed E-state index contributed by atoms with van der Waals surface area (Å²) in [5.41, 5.74) is 1.73. The minimum Gasteiger partial charge on any atom is -0.459 e. The number of para-hydroxylation sites is 1. The fourth-order valence-corrected chi connectivity index (χ4v) is 2.74. The summed E-state index contributed by atoms with van der Waals surface area (Å²) >= 11 is 0. The van der Waals surface area contributed by atoms with Gasteiger partial charge in [0, 0.05) is 11.6 Å². The molecule has 1 unspecified atom stereocenters. The summed E-state index contributed by atoms with van der Waals surface area (Å²) in [6, 6.07) is 16.8. The van der Waals surface area contributed by atoms with Crippen molar-refractivity contribution in [2.45, 2.75) is 13.0 Å². The molecule has 0 aliphatic carbocycles. The quantitative estimate of drug-likeness (QED) is 0.599. The molecule has 1 N–H and O–H groups in total. The minimum atomic E-state index is -0.321. The van der Waals surface area contributed by atoms with Crippen molar-refractivity contribution in [1.82, 2.24) is 15.1 Å². The predicted molar refractivity (Wildman–Crippen MR) is 95.6 cm³/mol. The molecule has 0 spiro atoms. The molecule has 0 aliphatic rings. The highest BCUT2D eigenvalue weighted by Crippen LogP contribution is 2.23. The largest absolute Gasteiger partial charge is 0.459 e. The van der Waals surface area contributed by atoms with Crippen molar-refractivity contribution in [2.24, 2.45) is 0 Å². The van der Waals surface area contributed by atoms with Crippen LogP contribution in [0.5, 0.6) is 0 Å². The number of hydrogen-bond donors (Lipinski definition) is 1. The second kappa shape index (κ2) is 6.48. The van der Waals surface area contributed by atoms with Crippen molar-refractivity contribution in [1.29, 1.82) is 0 Å². The first-order chi connectivity index (χ1) is 12.6. The van der Waals surface area contributed by atoms with Crippen molar-refractivity contribution in [3.8, 4) is 5.69 Å². The number of rotatable bonds is 4. The van der Waals surface area contributed by atoms with Gasteiger partial charge in [-0.15, -0.1) is 0 Å². The smallest absolute Gasteiger partial charge is 0.272 e. The van der Waals surface area contributed by atoms with Crippen LogP contribution >= 0.6 is 0 Å². The lowest BCUT2D eigenvalue weighted by Crippen LogP contribution is -2.26. The van der Waals surface area contributed by atoms with E-state index in [0.717, 1.165) is 11.0 Å². The van der Waals surface area contributed by atoms with E-state index in [9.17, 15) is 9.18 Å². The summed E-state index contributed by atoms with van der Waals surface area (Å²) in [6.45, 7) is 1.85. The molecule has 130 valence electrons. The molecule has 4 rings (SSSR count). The highest BCUT2D eigenvalue weighted by Gasteiger charge is 2.17. The summed E-state index contributed by atoms with van der Waals surface area (Å²) in [4.78, 5) is 12.5. The van der Waals surface area contributed by atoms with Gasteiger partial charge >= 0.3 is 0 Å². The fraction of sp³-hybridized carbons (Fsp3) is 0.100. The van der Waals surface area contributed by atoms with Crippen LogP contribution in [0.2, 0.25) is 0 Å². The number of benzene rings is 2. The Morgan fingerprint density at radius 2 is 1.92 bits per heavy atom. The molecule has 1 atom stereocenters. The number of nitrogens with one attached hydrogen (secondary N) is 1. The topological polar surface area (TPSA) is 60.1 Å². The molecule has 2 heterocycles. The Hall–Kier alpha value is -3.41. The maximum absolute atomic E-state index is 13.0. The summed E-state index contributed by atoms with van der Waals surface area (Å²) in [5, 5.41) is 8.12. The molecule has 4 aromatic rings.